The monoisotopic (exact) mass is 399 g/mol. The van der Waals surface area contributed by atoms with Gasteiger partial charge in [0.15, 0.2) is 0 Å². The Balaban J connectivity index is 0.000000296. The van der Waals surface area contributed by atoms with E-state index in [4.69, 9.17) is 4.74 Å². The lowest BCUT2D eigenvalue weighted by Gasteiger charge is -2.40. The number of carbonyl (C=O) groups is 1. The minimum Gasteiger partial charge on any atom is -0.453 e. The maximum atomic E-state index is 11.4. The summed E-state index contributed by atoms with van der Waals surface area (Å²) in [7, 11) is 3.64. The molecule has 0 radical (unpaired) electrons. The van der Waals surface area contributed by atoms with Crippen LogP contribution in [0.2, 0.25) is 0 Å². The molecule has 1 unspecified atom stereocenters. The summed E-state index contributed by atoms with van der Waals surface area (Å²) in [6, 6.07) is 1.36. The Morgan fingerprint density at radius 2 is 1.64 bits per heavy atom. The molecular formula is C22H45N3O3. The molecule has 6 heteroatoms. The molecule has 3 aliphatic heterocycles. The first-order valence-corrected chi connectivity index (χ1v) is 11.4. The molecule has 0 aliphatic carbocycles. The van der Waals surface area contributed by atoms with Gasteiger partial charge in [-0.3, -0.25) is 4.90 Å². The number of rotatable bonds is 1. The number of aliphatic hydroxyl groups excluding tert-OH is 1. The van der Waals surface area contributed by atoms with Gasteiger partial charge in [-0.05, 0) is 65.6 Å². The van der Waals surface area contributed by atoms with Crippen LogP contribution < -0.4 is 0 Å². The lowest BCUT2D eigenvalue weighted by atomic mass is 9.99. The molecule has 1 N–H and O–H groups in total. The van der Waals surface area contributed by atoms with Gasteiger partial charge in [0.05, 0.1) is 13.2 Å². The number of hydrogen-bond acceptors (Lipinski definition) is 5. The maximum Gasteiger partial charge on any atom is 0.409 e. The van der Waals surface area contributed by atoms with Crippen LogP contribution in [0.15, 0.2) is 0 Å². The molecule has 3 rings (SSSR count). The Hall–Kier alpha value is -0.850. The lowest BCUT2D eigenvalue weighted by Crippen LogP contribution is -2.50. The Bertz CT molecular complexity index is 404. The van der Waals surface area contributed by atoms with E-state index in [2.05, 4.69) is 37.6 Å². The largest absolute Gasteiger partial charge is 0.453 e. The summed E-state index contributed by atoms with van der Waals surface area (Å²) >= 11 is 0. The van der Waals surface area contributed by atoms with Gasteiger partial charge < -0.3 is 19.6 Å². The van der Waals surface area contributed by atoms with Crippen molar-refractivity contribution in [1.29, 1.82) is 0 Å². The molecule has 0 aromatic carbocycles. The van der Waals surface area contributed by atoms with Crippen LogP contribution >= 0.6 is 0 Å². The highest BCUT2D eigenvalue weighted by Gasteiger charge is 2.29. The van der Waals surface area contributed by atoms with Crippen LogP contribution in [-0.2, 0) is 4.74 Å². The highest BCUT2D eigenvalue weighted by molar-refractivity contribution is 5.67. The van der Waals surface area contributed by atoms with Crippen LogP contribution in [0, 0.1) is 0 Å². The molecule has 0 aromatic heterocycles. The molecule has 0 saturated carbocycles. The molecule has 1 amide bonds. The molecule has 3 aliphatic rings. The molecule has 28 heavy (non-hydrogen) atoms. The number of methoxy groups -OCH3 is 1. The fourth-order valence-corrected chi connectivity index (χ4v) is 4.10. The molecule has 6 nitrogen and oxygen atoms in total. The molecule has 166 valence electrons. The molecule has 3 saturated heterocycles. The number of likely N-dealkylation sites (tertiary alicyclic amines) is 3. The van der Waals surface area contributed by atoms with E-state index in [0.717, 1.165) is 57.9 Å². The average Bonchev–Trinajstić information content (AvgIpc) is 2.71. The third kappa shape index (κ3) is 9.10. The second-order valence-electron chi connectivity index (χ2n) is 8.51. The number of nitrogens with zero attached hydrogens (tertiary/aromatic N) is 3. The van der Waals surface area contributed by atoms with Crippen molar-refractivity contribution in [3.8, 4) is 0 Å². The normalized spacial score (nSPS) is 27.1. The lowest BCUT2D eigenvalue weighted by molar-refractivity contribution is 0.0246. The molecule has 3 fully saturated rings. The highest BCUT2D eigenvalue weighted by atomic mass is 16.5. The minimum atomic E-state index is -0.220. The number of amides is 1. The van der Waals surface area contributed by atoms with E-state index < -0.39 is 0 Å². The SMILES string of the molecule is CCC.COC(=O)N1CCC(N2CCCC(O)C2)CC1.C[C@@H]1CCCCN1C. The van der Waals surface area contributed by atoms with Crippen LogP contribution in [0.25, 0.3) is 0 Å². The first-order valence-electron chi connectivity index (χ1n) is 11.4. The summed E-state index contributed by atoms with van der Waals surface area (Å²) in [5.74, 6) is 0. The van der Waals surface area contributed by atoms with Crippen molar-refractivity contribution < 1.29 is 14.6 Å². The second kappa shape index (κ2) is 14.2. The van der Waals surface area contributed by atoms with Gasteiger partial charge in [0.2, 0.25) is 0 Å². The standard InChI is InChI=1S/C12H22N2O3.C7H15N.C3H8/c1-17-12(16)13-7-4-10(5-8-13)14-6-2-3-11(15)9-14;1-7-5-3-4-6-8(7)2;1-3-2/h10-11,15H,2-9H2,1H3;7H,3-6H2,1-2H3;3H2,1-2H3/t;7-;/m.1./s1. The number of aliphatic hydroxyl groups is 1. The van der Waals surface area contributed by atoms with Crippen molar-refractivity contribution in [2.75, 3.05) is 46.9 Å². The van der Waals surface area contributed by atoms with E-state index >= 15 is 0 Å². The zero-order valence-electron chi connectivity index (χ0n) is 19.0. The van der Waals surface area contributed by atoms with E-state index in [-0.39, 0.29) is 12.2 Å². The van der Waals surface area contributed by atoms with E-state index in [0.29, 0.717) is 6.04 Å². The van der Waals surface area contributed by atoms with E-state index in [1.807, 2.05) is 0 Å². The van der Waals surface area contributed by atoms with Gasteiger partial charge in [0.25, 0.3) is 0 Å². The van der Waals surface area contributed by atoms with Gasteiger partial charge in [0.1, 0.15) is 0 Å². The zero-order valence-corrected chi connectivity index (χ0v) is 19.0. The molecule has 0 spiro atoms. The van der Waals surface area contributed by atoms with E-state index in [1.165, 1.54) is 39.3 Å². The Morgan fingerprint density at radius 3 is 2.11 bits per heavy atom. The predicted molar refractivity (Wildman–Crippen MR) is 116 cm³/mol. The summed E-state index contributed by atoms with van der Waals surface area (Å²) in [6.07, 6.45) is 9.09. The molecule has 0 aromatic rings. The van der Waals surface area contributed by atoms with Crippen molar-refractivity contribution in [3.05, 3.63) is 0 Å². The van der Waals surface area contributed by atoms with Gasteiger partial charge in [-0.15, -0.1) is 0 Å². The fraction of sp³-hybridized carbons (Fsp3) is 0.955. The van der Waals surface area contributed by atoms with Crippen LogP contribution in [0.3, 0.4) is 0 Å². The van der Waals surface area contributed by atoms with Crippen molar-refractivity contribution in [3.63, 3.8) is 0 Å². The smallest absolute Gasteiger partial charge is 0.409 e. The van der Waals surface area contributed by atoms with Crippen LogP contribution in [0.4, 0.5) is 4.79 Å². The molecular weight excluding hydrogens is 354 g/mol. The number of hydrogen-bond donors (Lipinski definition) is 1. The highest BCUT2D eigenvalue weighted by Crippen LogP contribution is 2.21. The van der Waals surface area contributed by atoms with Gasteiger partial charge in [-0.1, -0.05) is 26.7 Å². The van der Waals surface area contributed by atoms with Crippen LogP contribution in [0.5, 0.6) is 0 Å². The van der Waals surface area contributed by atoms with Crippen molar-refractivity contribution in [1.82, 2.24) is 14.7 Å². The molecule has 2 atom stereocenters. The van der Waals surface area contributed by atoms with E-state index in [9.17, 15) is 9.90 Å². The minimum absolute atomic E-state index is 0.164. The number of carbonyl (C=O) groups excluding carboxylic acids is 1. The van der Waals surface area contributed by atoms with Gasteiger partial charge >= 0.3 is 6.09 Å². The average molecular weight is 400 g/mol. The summed E-state index contributed by atoms with van der Waals surface area (Å²) in [6.45, 7) is 11.3. The Labute approximate surface area is 173 Å². The van der Waals surface area contributed by atoms with Gasteiger partial charge in [-0.25, -0.2) is 4.79 Å². The first-order chi connectivity index (χ1) is 13.4. The van der Waals surface area contributed by atoms with Gasteiger partial charge in [-0.2, -0.15) is 0 Å². The van der Waals surface area contributed by atoms with Crippen molar-refractivity contribution in [2.24, 2.45) is 0 Å². The number of β-amino-alcohol motifs (C(OH)–C–C–N with tert-alkyl or cyclic N) is 1. The Morgan fingerprint density at radius 1 is 1.00 bits per heavy atom. The first kappa shape index (κ1) is 25.2. The maximum absolute atomic E-state index is 11.4. The van der Waals surface area contributed by atoms with Gasteiger partial charge in [0, 0.05) is 31.7 Å². The quantitative estimate of drug-likeness (QED) is 0.730. The summed E-state index contributed by atoms with van der Waals surface area (Å²) in [4.78, 5) is 17.9. The molecule has 0 bridgehead atoms. The van der Waals surface area contributed by atoms with Crippen LogP contribution in [-0.4, -0.2) is 91.0 Å². The third-order valence-corrected chi connectivity index (χ3v) is 5.98. The number of piperidine rings is 3. The molecule has 3 heterocycles. The van der Waals surface area contributed by atoms with Crippen molar-refractivity contribution in [2.45, 2.75) is 90.3 Å². The summed E-state index contributed by atoms with van der Waals surface area (Å²) in [5.41, 5.74) is 0. The fourth-order valence-electron chi connectivity index (χ4n) is 4.10. The van der Waals surface area contributed by atoms with Crippen LogP contribution in [0.1, 0.15) is 72.1 Å². The second-order valence-corrected chi connectivity index (χ2v) is 8.51. The summed E-state index contributed by atoms with van der Waals surface area (Å²) < 4.78 is 4.72. The topological polar surface area (TPSA) is 56.3 Å². The zero-order chi connectivity index (χ0) is 20.9. The van der Waals surface area contributed by atoms with Crippen molar-refractivity contribution >= 4 is 6.09 Å². The Kier molecular flexibility index (Phi) is 12.8. The summed E-state index contributed by atoms with van der Waals surface area (Å²) in [5, 5.41) is 9.66. The predicted octanol–water partition coefficient (Wildman–Crippen LogP) is 3.58. The third-order valence-electron chi connectivity index (χ3n) is 5.98. The number of ether oxygens (including phenoxy) is 1. The van der Waals surface area contributed by atoms with E-state index in [1.54, 1.807) is 4.90 Å².